The average molecular weight is 328 g/mol. The Labute approximate surface area is 140 Å². The van der Waals surface area contributed by atoms with E-state index in [0.717, 1.165) is 5.56 Å². The molecule has 1 heterocycles. The number of amides is 1. The van der Waals surface area contributed by atoms with E-state index < -0.39 is 6.09 Å². The van der Waals surface area contributed by atoms with Gasteiger partial charge in [-0.3, -0.25) is 4.79 Å². The molecule has 0 aliphatic rings. The zero-order valence-electron chi connectivity index (χ0n) is 13.7. The van der Waals surface area contributed by atoms with Gasteiger partial charge in [0.2, 0.25) is 5.95 Å². The van der Waals surface area contributed by atoms with Crippen LogP contribution in [0.4, 0.5) is 10.7 Å². The highest BCUT2D eigenvalue weighted by Crippen LogP contribution is 2.05. The molecule has 126 valence electrons. The molecule has 0 radical (unpaired) electrons. The highest BCUT2D eigenvalue weighted by Gasteiger charge is 2.08. The van der Waals surface area contributed by atoms with Gasteiger partial charge in [0.15, 0.2) is 5.78 Å². The van der Waals surface area contributed by atoms with Gasteiger partial charge in [-0.05, 0) is 11.6 Å². The fourth-order valence-electron chi connectivity index (χ4n) is 1.93. The van der Waals surface area contributed by atoms with Crippen molar-refractivity contribution >= 4 is 17.8 Å². The van der Waals surface area contributed by atoms with E-state index >= 15 is 0 Å². The zero-order chi connectivity index (χ0) is 17.4. The number of nitrogens with one attached hydrogen (secondary N) is 1. The molecule has 2 rings (SSSR count). The Balaban J connectivity index is 1.74. The quantitative estimate of drug-likeness (QED) is 0.783. The number of ketones is 1. The number of hydrogen-bond acceptors (Lipinski definition) is 6. The second-order valence-electron chi connectivity index (χ2n) is 5.21. The first-order chi connectivity index (χ1) is 11.6. The van der Waals surface area contributed by atoms with E-state index in [1.807, 2.05) is 30.3 Å². The topological polar surface area (TPSA) is 84.4 Å². The van der Waals surface area contributed by atoms with Crippen LogP contribution in [0.5, 0.6) is 0 Å². The molecule has 1 N–H and O–H groups in total. The molecule has 0 saturated heterocycles. The molecular formula is C17H20N4O3. The normalized spacial score (nSPS) is 10.1. The van der Waals surface area contributed by atoms with E-state index in [1.54, 1.807) is 18.0 Å². The Morgan fingerprint density at radius 2 is 1.96 bits per heavy atom. The fraction of sp³-hybridized carbons (Fsp3) is 0.294. The fourth-order valence-corrected chi connectivity index (χ4v) is 1.93. The summed E-state index contributed by atoms with van der Waals surface area (Å²) in [7, 11) is 1.79. The van der Waals surface area contributed by atoms with Crippen molar-refractivity contribution in [1.29, 1.82) is 0 Å². The van der Waals surface area contributed by atoms with Crippen LogP contribution in [0.2, 0.25) is 0 Å². The van der Waals surface area contributed by atoms with E-state index in [2.05, 4.69) is 15.3 Å². The minimum Gasteiger partial charge on any atom is -0.445 e. The van der Waals surface area contributed by atoms with Crippen LogP contribution >= 0.6 is 0 Å². The maximum atomic E-state index is 11.7. The summed E-state index contributed by atoms with van der Waals surface area (Å²) in [6.45, 7) is 2.54. The van der Waals surface area contributed by atoms with Crippen LogP contribution in [0, 0.1) is 0 Å². The molecule has 0 saturated carbocycles. The van der Waals surface area contributed by atoms with Gasteiger partial charge < -0.3 is 15.0 Å². The van der Waals surface area contributed by atoms with Gasteiger partial charge >= 0.3 is 6.09 Å². The molecule has 0 aliphatic heterocycles. The maximum Gasteiger partial charge on any atom is 0.407 e. The zero-order valence-corrected chi connectivity index (χ0v) is 13.7. The smallest absolute Gasteiger partial charge is 0.407 e. The minimum atomic E-state index is -0.481. The Kier molecular flexibility index (Phi) is 6.24. The van der Waals surface area contributed by atoms with Crippen molar-refractivity contribution < 1.29 is 14.3 Å². The van der Waals surface area contributed by atoms with Crippen LogP contribution < -0.4 is 10.2 Å². The van der Waals surface area contributed by atoms with Crippen molar-refractivity contribution in [2.75, 3.05) is 25.0 Å². The lowest BCUT2D eigenvalue weighted by Gasteiger charge is -2.17. The summed E-state index contributed by atoms with van der Waals surface area (Å²) in [6, 6.07) is 11.0. The molecule has 1 aromatic carbocycles. The van der Waals surface area contributed by atoms with Gasteiger partial charge in [0.05, 0.1) is 0 Å². The van der Waals surface area contributed by atoms with Gasteiger partial charge in [0, 0.05) is 33.3 Å². The van der Waals surface area contributed by atoms with Crippen LogP contribution in [0.25, 0.3) is 0 Å². The number of alkyl carbamates (subject to hydrolysis) is 1. The van der Waals surface area contributed by atoms with Crippen molar-refractivity contribution in [1.82, 2.24) is 15.3 Å². The number of rotatable bonds is 7. The Morgan fingerprint density at radius 3 is 2.67 bits per heavy atom. The molecule has 0 atom stereocenters. The van der Waals surface area contributed by atoms with Crippen molar-refractivity contribution in [2.45, 2.75) is 13.5 Å². The molecule has 0 spiro atoms. The molecular weight excluding hydrogens is 308 g/mol. The average Bonchev–Trinajstić information content (AvgIpc) is 2.61. The molecule has 1 aromatic heterocycles. The summed E-state index contributed by atoms with van der Waals surface area (Å²) in [5.41, 5.74) is 1.29. The van der Waals surface area contributed by atoms with Gasteiger partial charge in [-0.25, -0.2) is 14.8 Å². The lowest BCUT2D eigenvalue weighted by atomic mass is 10.2. The van der Waals surface area contributed by atoms with Crippen LogP contribution in [0.15, 0.2) is 42.6 Å². The van der Waals surface area contributed by atoms with Gasteiger partial charge in [-0.2, -0.15) is 0 Å². The summed E-state index contributed by atoms with van der Waals surface area (Å²) in [5.74, 6) is 0.316. The van der Waals surface area contributed by atoms with E-state index in [-0.39, 0.29) is 12.4 Å². The predicted molar refractivity (Wildman–Crippen MR) is 89.9 cm³/mol. The number of ether oxygens (including phenoxy) is 1. The summed E-state index contributed by atoms with van der Waals surface area (Å²) in [6.07, 6.45) is 1.06. The first-order valence-corrected chi connectivity index (χ1v) is 7.56. The lowest BCUT2D eigenvalue weighted by molar-refractivity contribution is 0.101. The third-order valence-corrected chi connectivity index (χ3v) is 3.27. The van der Waals surface area contributed by atoms with Gasteiger partial charge in [0.25, 0.3) is 0 Å². The van der Waals surface area contributed by atoms with Crippen LogP contribution in [0.3, 0.4) is 0 Å². The van der Waals surface area contributed by atoms with E-state index in [9.17, 15) is 9.59 Å². The number of likely N-dealkylation sites (N-methyl/N-ethyl adjacent to an activating group) is 1. The molecule has 2 aromatic rings. The van der Waals surface area contributed by atoms with Gasteiger partial charge in [0.1, 0.15) is 12.3 Å². The highest BCUT2D eigenvalue weighted by atomic mass is 16.5. The molecule has 0 bridgehead atoms. The standard InChI is InChI=1S/C17H20N4O3/c1-13(22)15-8-9-18-16(20-15)21(2)11-10-19-17(23)24-12-14-6-4-3-5-7-14/h3-9H,10-12H2,1-2H3,(H,19,23). The summed E-state index contributed by atoms with van der Waals surface area (Å²) in [4.78, 5) is 33.0. The summed E-state index contributed by atoms with van der Waals surface area (Å²) < 4.78 is 5.12. The monoisotopic (exact) mass is 328 g/mol. The van der Waals surface area contributed by atoms with Crippen LogP contribution in [-0.2, 0) is 11.3 Å². The summed E-state index contributed by atoms with van der Waals surface area (Å²) in [5, 5.41) is 2.67. The number of carbonyl (C=O) groups excluding carboxylic acids is 2. The number of Topliss-reactive ketones (excluding diaryl/α,β-unsaturated/α-hetero) is 1. The van der Waals surface area contributed by atoms with Crippen molar-refractivity contribution in [3.05, 3.63) is 53.9 Å². The van der Waals surface area contributed by atoms with E-state index in [4.69, 9.17) is 4.74 Å². The third kappa shape index (κ3) is 5.35. The molecule has 1 amide bonds. The van der Waals surface area contributed by atoms with Crippen molar-refractivity contribution in [3.8, 4) is 0 Å². The van der Waals surface area contributed by atoms with Gasteiger partial charge in [-0.15, -0.1) is 0 Å². The number of hydrogen-bond donors (Lipinski definition) is 1. The second-order valence-corrected chi connectivity index (χ2v) is 5.21. The third-order valence-electron chi connectivity index (χ3n) is 3.27. The SMILES string of the molecule is CC(=O)c1ccnc(N(C)CCNC(=O)OCc2ccccc2)n1. The van der Waals surface area contributed by atoms with E-state index in [1.165, 1.54) is 13.1 Å². The first kappa shape index (κ1) is 17.4. The highest BCUT2D eigenvalue weighted by molar-refractivity contribution is 5.92. The lowest BCUT2D eigenvalue weighted by Crippen LogP contribution is -2.34. The first-order valence-electron chi connectivity index (χ1n) is 7.56. The van der Waals surface area contributed by atoms with Crippen molar-refractivity contribution in [3.63, 3.8) is 0 Å². The molecule has 0 fully saturated rings. The number of anilines is 1. The number of nitrogens with zero attached hydrogens (tertiary/aromatic N) is 3. The van der Waals surface area contributed by atoms with E-state index in [0.29, 0.717) is 24.7 Å². The number of benzene rings is 1. The molecule has 0 aliphatic carbocycles. The number of aromatic nitrogens is 2. The van der Waals surface area contributed by atoms with Crippen LogP contribution in [0.1, 0.15) is 23.0 Å². The largest absolute Gasteiger partial charge is 0.445 e. The second kappa shape index (κ2) is 8.61. The minimum absolute atomic E-state index is 0.116. The van der Waals surface area contributed by atoms with Gasteiger partial charge in [-0.1, -0.05) is 30.3 Å². The molecule has 24 heavy (non-hydrogen) atoms. The predicted octanol–water partition coefficient (Wildman–Crippen LogP) is 2.04. The summed E-state index contributed by atoms with van der Waals surface area (Å²) >= 11 is 0. The molecule has 7 heteroatoms. The Bertz CT molecular complexity index is 691. The maximum absolute atomic E-state index is 11.7. The molecule has 0 unspecified atom stereocenters. The Hall–Kier alpha value is -2.96. The van der Waals surface area contributed by atoms with Crippen LogP contribution in [-0.4, -0.2) is 42.0 Å². The van der Waals surface area contributed by atoms with Crippen molar-refractivity contribution in [2.24, 2.45) is 0 Å². The Morgan fingerprint density at radius 1 is 1.21 bits per heavy atom. The number of carbonyl (C=O) groups is 2. The molecule has 7 nitrogen and oxygen atoms in total.